The minimum Gasteiger partial charge on any atom is -0.394 e. The maximum Gasteiger partial charge on any atom is 0.315 e. The van der Waals surface area contributed by atoms with Gasteiger partial charge in [0.05, 0.1) is 12.6 Å². The van der Waals surface area contributed by atoms with Crippen LogP contribution >= 0.6 is 11.6 Å². The smallest absolute Gasteiger partial charge is 0.315 e. The van der Waals surface area contributed by atoms with Crippen molar-refractivity contribution in [3.63, 3.8) is 0 Å². The Morgan fingerprint density at radius 2 is 1.96 bits per heavy atom. The summed E-state index contributed by atoms with van der Waals surface area (Å²) < 4.78 is 13.5. The predicted octanol–water partition coefficient (Wildman–Crippen LogP) is 3.32. The number of nitrogens with one attached hydrogen (secondary N) is 2. The van der Waals surface area contributed by atoms with Gasteiger partial charge in [-0.3, -0.25) is 0 Å². The summed E-state index contributed by atoms with van der Waals surface area (Å²) in [6.07, 6.45) is 0. The zero-order chi connectivity index (χ0) is 16.8. The molecule has 0 fully saturated rings. The first-order chi connectivity index (χ1) is 11.0. The Morgan fingerprint density at radius 1 is 1.26 bits per heavy atom. The first-order valence-electron chi connectivity index (χ1n) is 7.15. The van der Waals surface area contributed by atoms with Gasteiger partial charge in [0.25, 0.3) is 0 Å². The molecule has 4 nitrogen and oxygen atoms in total. The maximum absolute atomic E-state index is 13.5. The molecular formula is C17H18ClFN2O2. The lowest BCUT2D eigenvalue weighted by molar-refractivity contribution is 0.216. The van der Waals surface area contributed by atoms with Crippen molar-refractivity contribution in [2.24, 2.45) is 0 Å². The monoisotopic (exact) mass is 336 g/mol. The van der Waals surface area contributed by atoms with Crippen molar-refractivity contribution in [2.75, 3.05) is 6.61 Å². The highest BCUT2D eigenvalue weighted by atomic mass is 35.5. The van der Waals surface area contributed by atoms with Crippen LogP contribution in [-0.2, 0) is 6.54 Å². The fourth-order valence-corrected chi connectivity index (χ4v) is 2.19. The van der Waals surface area contributed by atoms with E-state index in [9.17, 15) is 14.3 Å². The van der Waals surface area contributed by atoms with Crippen molar-refractivity contribution in [1.82, 2.24) is 10.6 Å². The summed E-state index contributed by atoms with van der Waals surface area (Å²) in [4.78, 5) is 11.9. The lowest BCUT2D eigenvalue weighted by Gasteiger charge is -2.17. The number of carbonyl (C=O) groups excluding carboxylic acids is 1. The van der Waals surface area contributed by atoms with Gasteiger partial charge in [-0.2, -0.15) is 0 Å². The van der Waals surface area contributed by atoms with E-state index in [1.54, 1.807) is 43.3 Å². The Balaban J connectivity index is 1.92. The van der Waals surface area contributed by atoms with E-state index in [0.717, 1.165) is 5.56 Å². The number of benzene rings is 2. The Bertz CT molecular complexity index is 677. The van der Waals surface area contributed by atoms with Gasteiger partial charge in [-0.15, -0.1) is 0 Å². The molecule has 0 heterocycles. The van der Waals surface area contributed by atoms with Gasteiger partial charge in [0.1, 0.15) is 5.82 Å². The van der Waals surface area contributed by atoms with Crippen molar-refractivity contribution in [1.29, 1.82) is 0 Å². The van der Waals surface area contributed by atoms with Crippen LogP contribution in [0.25, 0.3) is 0 Å². The van der Waals surface area contributed by atoms with Crippen molar-refractivity contribution < 1.29 is 14.3 Å². The van der Waals surface area contributed by atoms with Gasteiger partial charge in [-0.05, 0) is 41.8 Å². The average Bonchev–Trinajstić information content (AvgIpc) is 2.54. The van der Waals surface area contributed by atoms with E-state index in [1.165, 1.54) is 6.07 Å². The summed E-state index contributed by atoms with van der Waals surface area (Å²) >= 11 is 5.81. The number of hydrogen-bond acceptors (Lipinski definition) is 2. The van der Waals surface area contributed by atoms with Crippen LogP contribution < -0.4 is 10.6 Å². The summed E-state index contributed by atoms with van der Waals surface area (Å²) in [6.45, 7) is 1.63. The SMILES string of the molecule is Cc1ccc(CNC(=O)NC(CO)c2ccc(Cl)cc2)cc1F. The lowest BCUT2D eigenvalue weighted by Crippen LogP contribution is -2.38. The summed E-state index contributed by atoms with van der Waals surface area (Å²) in [5, 5.41) is 15.3. The molecule has 0 aliphatic heterocycles. The number of halogens is 2. The molecule has 0 aliphatic rings. The van der Waals surface area contributed by atoms with Crippen LogP contribution in [0.2, 0.25) is 5.02 Å². The molecular weight excluding hydrogens is 319 g/mol. The molecule has 122 valence electrons. The summed E-state index contributed by atoms with van der Waals surface area (Å²) in [5.41, 5.74) is 1.96. The molecule has 0 saturated heterocycles. The highest BCUT2D eigenvalue weighted by Gasteiger charge is 2.13. The Kier molecular flexibility index (Phi) is 5.96. The highest BCUT2D eigenvalue weighted by Crippen LogP contribution is 2.16. The van der Waals surface area contributed by atoms with Gasteiger partial charge in [0.15, 0.2) is 0 Å². The normalized spacial score (nSPS) is 11.8. The molecule has 0 spiro atoms. The fraction of sp³-hybridized carbons (Fsp3) is 0.235. The van der Waals surface area contributed by atoms with E-state index < -0.39 is 12.1 Å². The van der Waals surface area contributed by atoms with E-state index in [4.69, 9.17) is 11.6 Å². The summed E-state index contributed by atoms with van der Waals surface area (Å²) in [7, 11) is 0. The third kappa shape index (κ3) is 4.94. The van der Waals surface area contributed by atoms with E-state index in [2.05, 4.69) is 10.6 Å². The number of aliphatic hydroxyl groups excluding tert-OH is 1. The lowest BCUT2D eigenvalue weighted by atomic mass is 10.1. The number of rotatable bonds is 5. The van der Waals surface area contributed by atoms with Crippen molar-refractivity contribution >= 4 is 17.6 Å². The molecule has 3 N–H and O–H groups in total. The number of aryl methyl sites for hydroxylation is 1. The van der Waals surface area contributed by atoms with Crippen LogP contribution in [0.15, 0.2) is 42.5 Å². The minimum absolute atomic E-state index is 0.196. The molecule has 0 bridgehead atoms. The third-order valence-electron chi connectivity index (χ3n) is 3.45. The van der Waals surface area contributed by atoms with Crippen molar-refractivity contribution in [3.05, 3.63) is 70.0 Å². The zero-order valence-electron chi connectivity index (χ0n) is 12.6. The van der Waals surface area contributed by atoms with Crippen LogP contribution in [0.1, 0.15) is 22.7 Å². The zero-order valence-corrected chi connectivity index (χ0v) is 13.4. The maximum atomic E-state index is 13.5. The van der Waals surface area contributed by atoms with Crippen LogP contribution in [-0.4, -0.2) is 17.7 Å². The molecule has 6 heteroatoms. The van der Waals surface area contributed by atoms with Gasteiger partial charge in [-0.25, -0.2) is 9.18 Å². The van der Waals surface area contributed by atoms with Crippen LogP contribution in [0.3, 0.4) is 0 Å². The number of urea groups is 1. The molecule has 1 unspecified atom stereocenters. The third-order valence-corrected chi connectivity index (χ3v) is 3.70. The van der Waals surface area contributed by atoms with E-state index in [1.807, 2.05) is 0 Å². The highest BCUT2D eigenvalue weighted by molar-refractivity contribution is 6.30. The van der Waals surface area contributed by atoms with Crippen molar-refractivity contribution in [3.8, 4) is 0 Å². The first-order valence-corrected chi connectivity index (χ1v) is 7.53. The van der Waals surface area contributed by atoms with Gasteiger partial charge < -0.3 is 15.7 Å². The van der Waals surface area contributed by atoms with Gasteiger partial charge in [0.2, 0.25) is 0 Å². The number of amides is 2. The minimum atomic E-state index is -0.540. The first kappa shape index (κ1) is 17.2. The second-order valence-corrected chi connectivity index (χ2v) is 5.63. The Morgan fingerprint density at radius 3 is 2.57 bits per heavy atom. The molecule has 2 amide bonds. The second-order valence-electron chi connectivity index (χ2n) is 5.20. The molecule has 0 saturated carbocycles. The summed E-state index contributed by atoms with van der Waals surface area (Å²) in [6, 6.07) is 10.7. The van der Waals surface area contributed by atoms with Crippen LogP contribution in [0.5, 0.6) is 0 Å². The van der Waals surface area contributed by atoms with E-state index >= 15 is 0 Å². The molecule has 2 aromatic carbocycles. The van der Waals surface area contributed by atoms with Gasteiger partial charge in [-0.1, -0.05) is 35.9 Å². The summed E-state index contributed by atoms with van der Waals surface area (Å²) in [5.74, 6) is -0.306. The van der Waals surface area contributed by atoms with Crippen LogP contribution in [0, 0.1) is 12.7 Å². The molecule has 2 aromatic rings. The number of carbonyl (C=O) groups is 1. The molecule has 23 heavy (non-hydrogen) atoms. The largest absolute Gasteiger partial charge is 0.394 e. The van der Waals surface area contributed by atoms with Crippen LogP contribution in [0.4, 0.5) is 9.18 Å². The Hall–Kier alpha value is -2.11. The molecule has 0 aliphatic carbocycles. The second kappa shape index (κ2) is 7.94. The number of aliphatic hydroxyl groups is 1. The molecule has 0 radical (unpaired) electrons. The quantitative estimate of drug-likeness (QED) is 0.784. The van der Waals surface area contributed by atoms with Gasteiger partial charge >= 0.3 is 6.03 Å². The van der Waals surface area contributed by atoms with E-state index in [0.29, 0.717) is 16.1 Å². The van der Waals surface area contributed by atoms with E-state index in [-0.39, 0.29) is 19.0 Å². The van der Waals surface area contributed by atoms with Crippen molar-refractivity contribution in [2.45, 2.75) is 19.5 Å². The molecule has 0 aromatic heterocycles. The Labute approximate surface area is 139 Å². The average molecular weight is 337 g/mol. The topological polar surface area (TPSA) is 61.4 Å². The molecule has 2 rings (SSSR count). The molecule has 1 atom stereocenters. The standard InChI is InChI=1S/C17H18ClFN2O2/c1-11-2-3-12(8-15(11)19)9-20-17(23)21-16(10-22)13-4-6-14(18)7-5-13/h2-8,16,22H,9-10H2,1H3,(H2,20,21,23). The fourth-order valence-electron chi connectivity index (χ4n) is 2.07. The van der Waals surface area contributed by atoms with Gasteiger partial charge in [0, 0.05) is 11.6 Å². The number of hydrogen-bond donors (Lipinski definition) is 3. The predicted molar refractivity (Wildman–Crippen MR) is 87.8 cm³/mol.